The van der Waals surface area contributed by atoms with Crippen LogP contribution in [0.5, 0.6) is 11.5 Å². The molecule has 3 aromatic carbocycles. The number of amides is 2. The highest BCUT2D eigenvalue weighted by Crippen LogP contribution is 2.35. The molecule has 14 heteroatoms. The fourth-order valence-corrected chi connectivity index (χ4v) is 5.49. The topological polar surface area (TPSA) is 94.2 Å². The normalized spacial score (nSPS) is 15.3. The van der Waals surface area contributed by atoms with Gasteiger partial charge in [0, 0.05) is 29.8 Å². The summed E-state index contributed by atoms with van der Waals surface area (Å²) in [7, 11) is 1.61. The number of ether oxygens (including phenoxy) is 2. The lowest BCUT2D eigenvalue weighted by molar-refractivity contribution is -0.274. The van der Waals surface area contributed by atoms with Crippen molar-refractivity contribution < 1.29 is 31.8 Å². The van der Waals surface area contributed by atoms with Gasteiger partial charge in [-0.25, -0.2) is 23.8 Å². The van der Waals surface area contributed by atoms with Crippen molar-refractivity contribution in [3.8, 4) is 28.6 Å². The summed E-state index contributed by atoms with van der Waals surface area (Å²) in [5.74, 6) is 1.67. The molecule has 1 saturated heterocycles. The molecule has 0 N–H and O–H groups in total. The number of carbonyl (C=O) groups excluding carboxylic acids is 1. The minimum absolute atomic E-state index is 0.211. The zero-order valence-electron chi connectivity index (χ0n) is 24.4. The number of thioether (sulfide) groups is 1. The molecule has 1 fully saturated rings. The van der Waals surface area contributed by atoms with Crippen LogP contribution in [0.15, 0.2) is 83.0 Å². The second kappa shape index (κ2) is 13.5. The lowest BCUT2D eigenvalue weighted by Gasteiger charge is -2.23. The smallest absolute Gasteiger partial charge is 0.497 e. The monoisotopic (exact) mass is 640 g/mol. The minimum atomic E-state index is -4.78. The van der Waals surface area contributed by atoms with E-state index in [9.17, 15) is 22.4 Å². The summed E-state index contributed by atoms with van der Waals surface area (Å²) in [6, 6.07) is 16.4. The number of alkyl halides is 4. The molecule has 0 bridgehead atoms. The molecule has 1 aliphatic rings. The van der Waals surface area contributed by atoms with E-state index in [-0.39, 0.29) is 17.2 Å². The average Bonchev–Trinajstić information content (AvgIpc) is 3.69. The first-order valence-electron chi connectivity index (χ1n) is 13.8. The highest BCUT2D eigenvalue weighted by molar-refractivity contribution is 8.14. The van der Waals surface area contributed by atoms with Gasteiger partial charge < -0.3 is 14.4 Å². The molecule has 45 heavy (non-hydrogen) atoms. The van der Waals surface area contributed by atoms with Gasteiger partial charge >= 0.3 is 12.4 Å². The Morgan fingerprint density at radius 3 is 2.42 bits per heavy atom. The first kappa shape index (κ1) is 31.7. The van der Waals surface area contributed by atoms with E-state index < -0.39 is 18.6 Å². The molecule has 2 heterocycles. The molecule has 2 amide bonds. The molecule has 0 radical (unpaired) electrons. The minimum Gasteiger partial charge on any atom is -0.497 e. The molecule has 0 saturated carbocycles. The van der Waals surface area contributed by atoms with E-state index in [2.05, 4.69) is 38.7 Å². The van der Waals surface area contributed by atoms with Gasteiger partial charge in [0.1, 0.15) is 17.8 Å². The maximum atomic E-state index is 15.0. The van der Waals surface area contributed by atoms with Crippen LogP contribution in [0.25, 0.3) is 17.1 Å². The van der Waals surface area contributed by atoms with Gasteiger partial charge in [-0.05, 0) is 59.5 Å². The number of anilines is 1. The first-order chi connectivity index (χ1) is 21.5. The standard InChI is InChI=1S/C31H28F4N6O3S/c1-19(2)25-16-24(43-3)12-13-27(25)40-14-15-45-30(40)38-29(42)36-17-26(32)20-4-6-21(7-5-20)28-37-18-41(39-28)22-8-10-23(11-9-22)44-31(33,34)35/h4-13,16-19,26H,14-15H2,1-3H3. The van der Waals surface area contributed by atoms with E-state index in [1.807, 2.05) is 23.1 Å². The number of benzene rings is 3. The van der Waals surface area contributed by atoms with Crippen molar-refractivity contribution in [3.05, 3.63) is 84.2 Å². The molecule has 5 rings (SSSR count). The fraction of sp³-hybridized carbons (Fsp3) is 0.258. The van der Waals surface area contributed by atoms with Crippen molar-refractivity contribution in [2.75, 3.05) is 24.3 Å². The molecule has 1 atom stereocenters. The lowest BCUT2D eigenvalue weighted by Crippen LogP contribution is -2.25. The molecule has 0 spiro atoms. The Kier molecular flexibility index (Phi) is 9.51. The Balaban J connectivity index is 1.23. The molecule has 4 aromatic rings. The SMILES string of the molecule is COc1ccc(N2CCSC2=NC(=O)N=CC(F)c2ccc(-c3ncn(-c4ccc(OC(F)(F)F)cc4)n3)cc2)c(C(C)C)c1. The van der Waals surface area contributed by atoms with E-state index in [1.54, 1.807) is 19.2 Å². The number of aliphatic imine (C=N–C) groups is 2. The number of amidine groups is 1. The van der Waals surface area contributed by atoms with E-state index in [0.29, 0.717) is 28.8 Å². The van der Waals surface area contributed by atoms with Gasteiger partial charge in [-0.15, -0.1) is 18.3 Å². The zero-order chi connectivity index (χ0) is 32.1. The van der Waals surface area contributed by atoms with Crippen molar-refractivity contribution >= 4 is 34.9 Å². The molecular weight excluding hydrogens is 612 g/mol. The number of methoxy groups -OCH3 is 1. The van der Waals surface area contributed by atoms with Gasteiger partial charge in [0.15, 0.2) is 17.2 Å². The van der Waals surface area contributed by atoms with Crippen molar-refractivity contribution in [3.63, 3.8) is 0 Å². The van der Waals surface area contributed by atoms with Gasteiger partial charge in [0.25, 0.3) is 0 Å². The Bertz CT molecular complexity index is 1710. The third kappa shape index (κ3) is 7.87. The van der Waals surface area contributed by atoms with Crippen molar-refractivity contribution in [1.29, 1.82) is 0 Å². The summed E-state index contributed by atoms with van der Waals surface area (Å²) in [6.45, 7) is 4.82. The van der Waals surface area contributed by atoms with Crippen LogP contribution in [0.4, 0.5) is 28.0 Å². The summed E-state index contributed by atoms with van der Waals surface area (Å²) in [4.78, 5) is 26.6. The molecule has 1 unspecified atom stereocenters. The average molecular weight is 641 g/mol. The van der Waals surface area contributed by atoms with Gasteiger partial charge in [-0.1, -0.05) is 49.9 Å². The molecule has 234 valence electrons. The number of carbonyl (C=O) groups is 1. The number of halogens is 4. The molecule has 0 aliphatic carbocycles. The Labute approximate surface area is 260 Å². The predicted molar refractivity (Wildman–Crippen MR) is 166 cm³/mol. The number of nitrogens with zero attached hydrogens (tertiary/aromatic N) is 6. The quantitative estimate of drug-likeness (QED) is 0.143. The summed E-state index contributed by atoms with van der Waals surface area (Å²) in [5, 5.41) is 4.84. The van der Waals surface area contributed by atoms with Crippen LogP contribution in [-0.2, 0) is 0 Å². The highest BCUT2D eigenvalue weighted by Gasteiger charge is 2.31. The van der Waals surface area contributed by atoms with Gasteiger partial charge in [-0.2, -0.15) is 4.99 Å². The van der Waals surface area contributed by atoms with Gasteiger partial charge in [0.05, 0.1) is 12.8 Å². The van der Waals surface area contributed by atoms with E-state index in [0.717, 1.165) is 29.0 Å². The molecule has 1 aromatic heterocycles. The second-order valence-corrected chi connectivity index (χ2v) is 11.2. The van der Waals surface area contributed by atoms with Crippen molar-refractivity contribution in [2.45, 2.75) is 32.3 Å². The number of urea groups is 1. The first-order valence-corrected chi connectivity index (χ1v) is 14.8. The number of hydrogen-bond acceptors (Lipinski definition) is 6. The van der Waals surface area contributed by atoms with Gasteiger partial charge in [0.2, 0.25) is 0 Å². The number of hydrogen-bond donors (Lipinski definition) is 0. The third-order valence-electron chi connectivity index (χ3n) is 6.75. The van der Waals surface area contributed by atoms with E-state index >= 15 is 0 Å². The van der Waals surface area contributed by atoms with Crippen LogP contribution in [0.3, 0.4) is 0 Å². The summed E-state index contributed by atoms with van der Waals surface area (Å²) in [5.41, 5.74) is 3.31. The van der Waals surface area contributed by atoms with Crippen LogP contribution < -0.4 is 14.4 Å². The zero-order valence-corrected chi connectivity index (χ0v) is 25.2. The van der Waals surface area contributed by atoms with Gasteiger partial charge in [-0.3, -0.25) is 0 Å². The fourth-order valence-electron chi connectivity index (χ4n) is 4.55. The maximum Gasteiger partial charge on any atom is 0.573 e. The highest BCUT2D eigenvalue weighted by atomic mass is 32.2. The third-order valence-corrected chi connectivity index (χ3v) is 7.70. The Morgan fingerprint density at radius 2 is 1.76 bits per heavy atom. The molecule has 9 nitrogen and oxygen atoms in total. The van der Waals surface area contributed by atoms with Crippen LogP contribution in [0.1, 0.15) is 37.1 Å². The number of aromatic nitrogens is 3. The molecule has 1 aliphatic heterocycles. The largest absolute Gasteiger partial charge is 0.573 e. The lowest BCUT2D eigenvalue weighted by atomic mass is 10.00. The predicted octanol–water partition coefficient (Wildman–Crippen LogP) is 7.78. The second-order valence-electron chi connectivity index (χ2n) is 10.1. The Hall–Kier alpha value is -4.72. The van der Waals surface area contributed by atoms with E-state index in [1.165, 1.54) is 59.2 Å². The summed E-state index contributed by atoms with van der Waals surface area (Å²) >= 11 is 1.43. The number of rotatable bonds is 8. The molecular formula is C31H28F4N6O3S. The van der Waals surface area contributed by atoms with Crippen LogP contribution in [-0.4, -0.2) is 57.9 Å². The van der Waals surface area contributed by atoms with E-state index in [4.69, 9.17) is 4.74 Å². The van der Waals surface area contributed by atoms with Crippen LogP contribution >= 0.6 is 11.8 Å². The van der Waals surface area contributed by atoms with Crippen LogP contribution in [0.2, 0.25) is 0 Å². The maximum absolute atomic E-state index is 15.0. The summed E-state index contributed by atoms with van der Waals surface area (Å²) < 4.78 is 62.8. The van der Waals surface area contributed by atoms with Crippen molar-refractivity contribution in [2.24, 2.45) is 9.98 Å². The summed E-state index contributed by atoms with van der Waals surface area (Å²) in [6.07, 6.45) is -4.12. The Morgan fingerprint density at radius 1 is 1.04 bits per heavy atom. The van der Waals surface area contributed by atoms with Crippen molar-refractivity contribution in [1.82, 2.24) is 14.8 Å². The van der Waals surface area contributed by atoms with Crippen LogP contribution in [0, 0.1) is 0 Å².